The van der Waals surface area contributed by atoms with E-state index in [0.717, 1.165) is 38.0 Å². The third-order valence-electron chi connectivity index (χ3n) is 5.40. The molecular weight excluding hydrogens is 366 g/mol. The van der Waals surface area contributed by atoms with Gasteiger partial charge < -0.3 is 9.64 Å². The Kier molecular flexibility index (Phi) is 5.84. The highest BCUT2D eigenvalue weighted by atomic mass is 16.5. The Morgan fingerprint density at radius 2 is 1.83 bits per heavy atom. The van der Waals surface area contributed by atoms with Gasteiger partial charge in [0.15, 0.2) is 6.10 Å². The number of amides is 1. The van der Waals surface area contributed by atoms with E-state index in [-0.39, 0.29) is 5.91 Å². The molecule has 1 aromatic heterocycles. The fourth-order valence-electron chi connectivity index (χ4n) is 3.77. The van der Waals surface area contributed by atoms with Crippen LogP contribution in [0.1, 0.15) is 25.3 Å². The van der Waals surface area contributed by atoms with E-state index >= 15 is 0 Å². The van der Waals surface area contributed by atoms with Crippen LogP contribution in [0.4, 0.5) is 0 Å². The molecule has 1 unspecified atom stereocenters. The second kappa shape index (κ2) is 8.86. The van der Waals surface area contributed by atoms with Crippen molar-refractivity contribution in [2.75, 3.05) is 13.1 Å². The van der Waals surface area contributed by atoms with Crippen LogP contribution < -0.4 is 4.74 Å². The van der Waals surface area contributed by atoms with Crippen molar-refractivity contribution in [2.24, 2.45) is 5.92 Å². The van der Waals surface area contributed by atoms with Gasteiger partial charge >= 0.3 is 0 Å². The topological polar surface area (TPSA) is 73.1 Å². The predicted octanol–water partition coefficient (Wildman–Crippen LogP) is 2.91. The van der Waals surface area contributed by atoms with Crippen molar-refractivity contribution in [3.63, 3.8) is 0 Å². The van der Waals surface area contributed by atoms with E-state index in [1.807, 2.05) is 42.2 Å². The summed E-state index contributed by atoms with van der Waals surface area (Å²) in [4.78, 5) is 14.7. The number of likely N-dealkylation sites (tertiary alicyclic amines) is 1. The number of hydrogen-bond donors (Lipinski definition) is 0. The van der Waals surface area contributed by atoms with Gasteiger partial charge in [0.25, 0.3) is 5.91 Å². The number of rotatable bonds is 6. The van der Waals surface area contributed by atoms with Crippen molar-refractivity contribution in [3.05, 3.63) is 66.5 Å². The molecule has 1 aliphatic heterocycles. The largest absolute Gasteiger partial charge is 0.481 e. The third kappa shape index (κ3) is 4.80. The molecule has 0 saturated carbocycles. The maximum atomic E-state index is 12.8. The highest BCUT2D eigenvalue weighted by Gasteiger charge is 2.27. The molecule has 7 nitrogen and oxygen atoms in total. The van der Waals surface area contributed by atoms with Crippen LogP contribution in [0, 0.1) is 5.92 Å². The Hall–Kier alpha value is -3.22. The van der Waals surface area contributed by atoms with Crippen LogP contribution in [-0.2, 0) is 11.2 Å². The van der Waals surface area contributed by atoms with Gasteiger partial charge in [0.1, 0.15) is 12.1 Å². The molecular formula is C22H25N5O2. The molecule has 7 heteroatoms. The molecule has 1 amide bonds. The molecule has 0 radical (unpaired) electrons. The van der Waals surface area contributed by atoms with Crippen molar-refractivity contribution in [3.8, 4) is 11.4 Å². The smallest absolute Gasteiger partial charge is 0.263 e. The standard InChI is InChI=1S/C22H25N5O2/c1-17(29-21-9-7-20(8-10-21)27-16-23-24-25-27)22(28)26-13-11-19(12-14-26)15-18-5-3-2-4-6-18/h2-10,16-17,19H,11-15H2,1H3. The molecule has 1 atom stereocenters. The zero-order valence-corrected chi connectivity index (χ0v) is 16.5. The maximum absolute atomic E-state index is 12.8. The highest BCUT2D eigenvalue weighted by Crippen LogP contribution is 2.23. The summed E-state index contributed by atoms with van der Waals surface area (Å²) >= 11 is 0. The number of hydrogen-bond acceptors (Lipinski definition) is 5. The summed E-state index contributed by atoms with van der Waals surface area (Å²) in [6.45, 7) is 3.40. The lowest BCUT2D eigenvalue weighted by molar-refractivity contribution is -0.139. The molecule has 29 heavy (non-hydrogen) atoms. The molecule has 1 aliphatic rings. The highest BCUT2D eigenvalue weighted by molar-refractivity contribution is 5.81. The number of nitrogens with zero attached hydrogens (tertiary/aromatic N) is 5. The van der Waals surface area contributed by atoms with Gasteiger partial charge in [-0.05, 0) is 72.4 Å². The number of carbonyl (C=O) groups excluding carboxylic acids is 1. The number of ether oxygens (including phenoxy) is 1. The van der Waals surface area contributed by atoms with Gasteiger partial charge in [0, 0.05) is 13.1 Å². The normalized spacial score (nSPS) is 15.8. The van der Waals surface area contributed by atoms with Gasteiger partial charge in [-0.15, -0.1) is 5.10 Å². The first-order valence-electron chi connectivity index (χ1n) is 10.0. The number of tetrazole rings is 1. The molecule has 3 aromatic rings. The Morgan fingerprint density at radius 1 is 1.10 bits per heavy atom. The first-order valence-corrected chi connectivity index (χ1v) is 10.0. The van der Waals surface area contributed by atoms with E-state index in [1.54, 1.807) is 4.68 Å². The molecule has 0 bridgehead atoms. The molecule has 1 fully saturated rings. The molecule has 2 aromatic carbocycles. The van der Waals surface area contributed by atoms with Crippen molar-refractivity contribution in [1.29, 1.82) is 0 Å². The van der Waals surface area contributed by atoms with Crippen LogP contribution in [0.5, 0.6) is 5.75 Å². The minimum Gasteiger partial charge on any atom is -0.481 e. The van der Waals surface area contributed by atoms with Gasteiger partial charge in [0.2, 0.25) is 0 Å². The van der Waals surface area contributed by atoms with Crippen LogP contribution in [0.15, 0.2) is 60.9 Å². The number of piperidine rings is 1. The van der Waals surface area contributed by atoms with Crippen LogP contribution >= 0.6 is 0 Å². The molecule has 2 heterocycles. The summed E-state index contributed by atoms with van der Waals surface area (Å²) in [7, 11) is 0. The predicted molar refractivity (Wildman–Crippen MR) is 109 cm³/mol. The lowest BCUT2D eigenvalue weighted by Gasteiger charge is -2.33. The van der Waals surface area contributed by atoms with Crippen LogP contribution in [0.2, 0.25) is 0 Å². The van der Waals surface area contributed by atoms with Gasteiger partial charge in [-0.1, -0.05) is 30.3 Å². The molecule has 0 N–H and O–H groups in total. The van der Waals surface area contributed by atoms with E-state index in [0.29, 0.717) is 11.7 Å². The van der Waals surface area contributed by atoms with Crippen molar-refractivity contribution in [2.45, 2.75) is 32.3 Å². The van der Waals surface area contributed by atoms with E-state index in [2.05, 4.69) is 39.8 Å². The lowest BCUT2D eigenvalue weighted by atomic mass is 9.90. The Labute approximate surface area is 170 Å². The fourth-order valence-corrected chi connectivity index (χ4v) is 3.77. The van der Waals surface area contributed by atoms with E-state index in [1.165, 1.54) is 11.9 Å². The van der Waals surface area contributed by atoms with Gasteiger partial charge in [-0.2, -0.15) is 0 Å². The fraction of sp³-hybridized carbons (Fsp3) is 0.364. The second-order valence-electron chi connectivity index (χ2n) is 7.47. The van der Waals surface area contributed by atoms with Crippen molar-refractivity contribution >= 4 is 5.91 Å². The van der Waals surface area contributed by atoms with Gasteiger partial charge in [0.05, 0.1) is 5.69 Å². The zero-order chi connectivity index (χ0) is 20.1. The van der Waals surface area contributed by atoms with E-state index in [4.69, 9.17) is 4.74 Å². The lowest BCUT2D eigenvalue weighted by Crippen LogP contribution is -2.45. The van der Waals surface area contributed by atoms with E-state index < -0.39 is 6.10 Å². The molecule has 0 spiro atoms. The quantitative estimate of drug-likeness (QED) is 0.646. The minimum absolute atomic E-state index is 0.0488. The van der Waals surface area contributed by atoms with Crippen LogP contribution in [0.3, 0.4) is 0 Å². The van der Waals surface area contributed by atoms with Crippen LogP contribution in [-0.4, -0.2) is 50.2 Å². The zero-order valence-electron chi connectivity index (χ0n) is 16.5. The summed E-state index contributed by atoms with van der Waals surface area (Å²) < 4.78 is 7.44. The van der Waals surface area contributed by atoms with Gasteiger partial charge in [-0.3, -0.25) is 4.79 Å². The molecule has 150 valence electrons. The summed E-state index contributed by atoms with van der Waals surface area (Å²) in [5.41, 5.74) is 2.21. The summed E-state index contributed by atoms with van der Waals surface area (Å²) in [6, 6.07) is 17.9. The number of aromatic nitrogens is 4. The average molecular weight is 391 g/mol. The van der Waals surface area contributed by atoms with Crippen molar-refractivity contribution in [1.82, 2.24) is 25.1 Å². The van der Waals surface area contributed by atoms with Crippen molar-refractivity contribution < 1.29 is 9.53 Å². The molecule has 0 aliphatic carbocycles. The average Bonchev–Trinajstić information content (AvgIpc) is 3.30. The summed E-state index contributed by atoms with van der Waals surface area (Å²) in [5, 5.41) is 11.1. The van der Waals surface area contributed by atoms with Gasteiger partial charge in [-0.25, -0.2) is 4.68 Å². The second-order valence-corrected chi connectivity index (χ2v) is 7.47. The Bertz CT molecular complexity index is 904. The first kappa shape index (κ1) is 19.1. The molecule has 4 rings (SSSR count). The monoisotopic (exact) mass is 391 g/mol. The number of carbonyl (C=O) groups is 1. The SMILES string of the molecule is CC(Oc1ccc(-n2cnnn2)cc1)C(=O)N1CCC(Cc2ccccc2)CC1. The summed E-state index contributed by atoms with van der Waals surface area (Å²) in [5.74, 6) is 1.34. The van der Waals surface area contributed by atoms with Crippen LogP contribution in [0.25, 0.3) is 5.69 Å². The Balaban J connectivity index is 1.27. The van der Waals surface area contributed by atoms with E-state index in [9.17, 15) is 4.79 Å². The first-order chi connectivity index (χ1) is 14.2. The minimum atomic E-state index is -0.514. The molecule has 1 saturated heterocycles. The third-order valence-corrected chi connectivity index (χ3v) is 5.40. The Morgan fingerprint density at radius 3 is 2.48 bits per heavy atom. The maximum Gasteiger partial charge on any atom is 0.263 e. The number of benzene rings is 2. The summed E-state index contributed by atoms with van der Waals surface area (Å²) in [6.07, 6.45) is 4.17.